The summed E-state index contributed by atoms with van der Waals surface area (Å²) in [6.45, 7) is 12.5. The van der Waals surface area contributed by atoms with Gasteiger partial charge < -0.3 is 5.32 Å². The molecule has 0 saturated heterocycles. The lowest BCUT2D eigenvalue weighted by molar-refractivity contribution is -0.172. The van der Waals surface area contributed by atoms with Crippen LogP contribution in [0.15, 0.2) is 30.3 Å². The summed E-state index contributed by atoms with van der Waals surface area (Å²) in [5.41, 5.74) is 0.693. The van der Waals surface area contributed by atoms with Gasteiger partial charge in [-0.2, -0.15) is 0 Å². The molecule has 1 rings (SSSR count). The van der Waals surface area contributed by atoms with Crippen LogP contribution in [0.3, 0.4) is 0 Å². The molecule has 0 fully saturated rings. The number of amides is 1. The largest absolute Gasteiger partial charge is 0.303 e. The molecule has 1 aromatic carbocycles. The number of hydroxylamine groups is 2. The fraction of sp³-hybridized carbons (Fsp3) is 0.632. The van der Waals surface area contributed by atoms with Crippen LogP contribution >= 0.6 is 0 Å². The summed E-state index contributed by atoms with van der Waals surface area (Å²) in [4.78, 5) is 18.1. The highest BCUT2D eigenvalue weighted by Gasteiger charge is 2.36. The van der Waals surface area contributed by atoms with Crippen LogP contribution in [0.1, 0.15) is 53.1 Å². The molecule has 24 heavy (non-hydrogen) atoms. The third-order valence-corrected chi connectivity index (χ3v) is 3.52. The first-order chi connectivity index (χ1) is 10.9. The number of carbonyl (C=O) groups excluding carboxylic acids is 1. The van der Waals surface area contributed by atoms with E-state index in [-0.39, 0.29) is 23.0 Å². The first-order valence-electron chi connectivity index (χ1n) is 8.36. The Labute approximate surface area is 146 Å². The van der Waals surface area contributed by atoms with Gasteiger partial charge in [-0.15, -0.1) is 0 Å². The van der Waals surface area contributed by atoms with Gasteiger partial charge in [0.2, 0.25) is 0 Å². The highest BCUT2D eigenvalue weighted by molar-refractivity contribution is 5.82. The van der Waals surface area contributed by atoms with Gasteiger partial charge in [-0.25, -0.2) is 5.06 Å². The summed E-state index contributed by atoms with van der Waals surface area (Å²) in [6, 6.07) is 9.40. The van der Waals surface area contributed by atoms with Crippen LogP contribution in [0.2, 0.25) is 0 Å². The molecule has 1 amide bonds. The van der Waals surface area contributed by atoms with Gasteiger partial charge in [0, 0.05) is 18.1 Å². The molecule has 0 heterocycles. The van der Waals surface area contributed by atoms with E-state index in [4.69, 9.17) is 4.84 Å². The molecule has 1 aromatic rings. The second-order valence-electron chi connectivity index (χ2n) is 8.17. The number of hydrogen-bond donors (Lipinski definition) is 2. The second kappa shape index (κ2) is 8.10. The quantitative estimate of drug-likeness (QED) is 0.785. The summed E-state index contributed by atoms with van der Waals surface area (Å²) in [6.07, 6.45) is 0. The van der Waals surface area contributed by atoms with Crippen molar-refractivity contribution in [3.63, 3.8) is 0 Å². The van der Waals surface area contributed by atoms with E-state index >= 15 is 0 Å². The van der Waals surface area contributed by atoms with Crippen molar-refractivity contribution in [3.8, 4) is 0 Å². The Bertz CT molecular complexity index is 518. The van der Waals surface area contributed by atoms with Crippen LogP contribution in [-0.2, 0) is 9.63 Å². The van der Waals surface area contributed by atoms with Gasteiger partial charge in [0.25, 0.3) is 5.91 Å². The summed E-state index contributed by atoms with van der Waals surface area (Å²) in [5.74, 6) is -0.113. The van der Waals surface area contributed by atoms with Crippen LogP contribution in [0.4, 0.5) is 0 Å². The number of nitrogens with one attached hydrogen (secondary N) is 2. The van der Waals surface area contributed by atoms with E-state index < -0.39 is 6.04 Å². The normalized spacial score (nSPS) is 15.0. The van der Waals surface area contributed by atoms with Crippen LogP contribution in [0, 0.1) is 0 Å². The van der Waals surface area contributed by atoms with Gasteiger partial charge in [-0.1, -0.05) is 30.3 Å². The van der Waals surface area contributed by atoms with Crippen molar-refractivity contribution in [2.24, 2.45) is 0 Å². The molecule has 0 aromatic heterocycles. The minimum absolute atomic E-state index is 0.113. The summed E-state index contributed by atoms with van der Waals surface area (Å²) >= 11 is 0. The van der Waals surface area contributed by atoms with Crippen LogP contribution in [0.5, 0.6) is 0 Å². The number of likely N-dealkylation sites (N-methyl/N-ethyl adjacent to an activating group) is 1. The lowest BCUT2D eigenvalue weighted by atomic mass is 9.93. The van der Waals surface area contributed by atoms with Crippen molar-refractivity contribution >= 4 is 5.91 Å². The maximum Gasteiger partial charge on any atom is 0.264 e. The molecule has 0 aliphatic carbocycles. The monoisotopic (exact) mass is 335 g/mol. The molecule has 0 aliphatic rings. The molecule has 0 bridgehead atoms. The zero-order valence-corrected chi connectivity index (χ0v) is 16.3. The van der Waals surface area contributed by atoms with Gasteiger partial charge in [0.15, 0.2) is 0 Å². The minimum Gasteiger partial charge on any atom is -0.303 e. The van der Waals surface area contributed by atoms with Gasteiger partial charge in [-0.3, -0.25) is 14.9 Å². The smallest absolute Gasteiger partial charge is 0.264 e. The Morgan fingerprint density at radius 1 is 1.00 bits per heavy atom. The van der Waals surface area contributed by atoms with Crippen LogP contribution in [-0.4, -0.2) is 42.2 Å². The standard InChI is InChI=1S/C19H33N3O2/c1-18(2,3)20-15(14-12-10-9-11-13-14)16(21-19(4,5)6)17(23)22(7)24-8/h9-13,15-16,20-21H,1-8H3. The number of nitrogens with zero attached hydrogens (tertiary/aromatic N) is 1. The molecular weight excluding hydrogens is 302 g/mol. The molecule has 2 atom stereocenters. The van der Waals surface area contributed by atoms with Gasteiger partial charge in [0.05, 0.1) is 13.2 Å². The summed E-state index contributed by atoms with van der Waals surface area (Å²) < 4.78 is 0. The molecular formula is C19H33N3O2. The number of hydrogen-bond acceptors (Lipinski definition) is 4. The van der Waals surface area contributed by atoms with Crippen LogP contribution in [0.25, 0.3) is 0 Å². The Hall–Kier alpha value is -1.43. The molecule has 2 unspecified atom stereocenters. The molecule has 2 N–H and O–H groups in total. The third kappa shape index (κ3) is 6.59. The number of carbonyl (C=O) groups is 1. The predicted octanol–water partition coefficient (Wildman–Crippen LogP) is 2.89. The molecule has 5 nitrogen and oxygen atoms in total. The maximum atomic E-state index is 13.0. The van der Waals surface area contributed by atoms with Crippen molar-refractivity contribution in [1.82, 2.24) is 15.7 Å². The van der Waals surface area contributed by atoms with E-state index in [9.17, 15) is 4.79 Å². The predicted molar refractivity (Wildman–Crippen MR) is 98.5 cm³/mol. The van der Waals surface area contributed by atoms with E-state index in [1.807, 2.05) is 30.3 Å². The van der Waals surface area contributed by atoms with Crippen molar-refractivity contribution in [1.29, 1.82) is 0 Å². The van der Waals surface area contributed by atoms with Crippen molar-refractivity contribution in [2.75, 3.05) is 14.2 Å². The van der Waals surface area contributed by atoms with Crippen molar-refractivity contribution in [3.05, 3.63) is 35.9 Å². The molecule has 136 valence electrons. The van der Waals surface area contributed by atoms with Crippen molar-refractivity contribution < 1.29 is 9.63 Å². The summed E-state index contributed by atoms with van der Waals surface area (Å²) in [5, 5.41) is 8.33. The first kappa shape index (κ1) is 20.6. The molecule has 5 heteroatoms. The van der Waals surface area contributed by atoms with E-state index in [2.05, 4.69) is 52.2 Å². The maximum absolute atomic E-state index is 13.0. The Morgan fingerprint density at radius 2 is 1.50 bits per heavy atom. The van der Waals surface area contributed by atoms with Crippen LogP contribution < -0.4 is 10.6 Å². The Morgan fingerprint density at radius 3 is 1.92 bits per heavy atom. The fourth-order valence-corrected chi connectivity index (χ4v) is 2.53. The van der Waals surface area contributed by atoms with E-state index in [1.165, 1.54) is 12.2 Å². The molecule has 0 spiro atoms. The highest BCUT2D eigenvalue weighted by Crippen LogP contribution is 2.23. The SMILES string of the molecule is CON(C)C(=O)C(NC(C)(C)C)C(NC(C)(C)C)c1ccccc1. The molecule has 0 saturated carbocycles. The molecule has 0 radical (unpaired) electrons. The zero-order valence-electron chi connectivity index (χ0n) is 16.3. The fourth-order valence-electron chi connectivity index (χ4n) is 2.53. The number of benzene rings is 1. The Kier molecular flexibility index (Phi) is 6.96. The van der Waals surface area contributed by atoms with Gasteiger partial charge >= 0.3 is 0 Å². The molecule has 0 aliphatic heterocycles. The topological polar surface area (TPSA) is 53.6 Å². The van der Waals surface area contributed by atoms with Gasteiger partial charge in [-0.05, 0) is 47.1 Å². The lowest BCUT2D eigenvalue weighted by Crippen LogP contribution is -2.59. The highest BCUT2D eigenvalue weighted by atomic mass is 16.7. The number of rotatable bonds is 6. The van der Waals surface area contributed by atoms with E-state index in [0.717, 1.165) is 5.56 Å². The first-order valence-corrected chi connectivity index (χ1v) is 8.36. The third-order valence-electron chi connectivity index (χ3n) is 3.52. The zero-order chi connectivity index (χ0) is 18.5. The van der Waals surface area contributed by atoms with E-state index in [0.29, 0.717) is 0 Å². The lowest BCUT2D eigenvalue weighted by Gasteiger charge is -2.38. The average molecular weight is 335 g/mol. The van der Waals surface area contributed by atoms with Gasteiger partial charge in [0.1, 0.15) is 6.04 Å². The Balaban J connectivity index is 3.30. The minimum atomic E-state index is -0.462. The van der Waals surface area contributed by atoms with Crippen molar-refractivity contribution in [2.45, 2.75) is 64.7 Å². The average Bonchev–Trinajstić information content (AvgIpc) is 2.48. The van der Waals surface area contributed by atoms with E-state index in [1.54, 1.807) is 7.05 Å². The summed E-state index contributed by atoms with van der Waals surface area (Å²) in [7, 11) is 3.14. The second-order valence-corrected chi connectivity index (χ2v) is 8.17.